The molecule has 0 radical (unpaired) electrons. The number of aryl methyl sites for hydroxylation is 1. The number of rotatable bonds is 6. The lowest BCUT2D eigenvalue weighted by atomic mass is 10.1. The van der Waals surface area contributed by atoms with Crippen LogP contribution in [0.2, 0.25) is 0 Å². The van der Waals surface area contributed by atoms with Crippen molar-refractivity contribution in [3.63, 3.8) is 0 Å². The zero-order valence-corrected chi connectivity index (χ0v) is 12.1. The van der Waals surface area contributed by atoms with E-state index in [4.69, 9.17) is 5.11 Å². The van der Waals surface area contributed by atoms with E-state index in [1.54, 1.807) is 19.1 Å². The van der Waals surface area contributed by atoms with Crippen molar-refractivity contribution in [1.82, 2.24) is 20.0 Å². The van der Waals surface area contributed by atoms with Crippen LogP contribution in [-0.2, 0) is 16.4 Å². The Hall–Kier alpha value is -2.29. The highest BCUT2D eigenvalue weighted by Crippen LogP contribution is 2.21. The van der Waals surface area contributed by atoms with Crippen molar-refractivity contribution in [2.45, 2.75) is 13.5 Å². The number of aromatic carboxylic acids is 1. The number of hydrogen-bond donors (Lipinski definition) is 1. The molecular formula is C12H14N4O4S. The molecule has 0 bridgehead atoms. The summed E-state index contributed by atoms with van der Waals surface area (Å²) in [7, 11) is -3.18. The van der Waals surface area contributed by atoms with E-state index < -0.39 is 15.8 Å². The Bertz CT molecular complexity index is 740. The second kappa shape index (κ2) is 6.00. The van der Waals surface area contributed by atoms with E-state index in [2.05, 4.69) is 15.3 Å². The Morgan fingerprint density at radius 1 is 1.33 bits per heavy atom. The minimum atomic E-state index is -3.18. The summed E-state index contributed by atoms with van der Waals surface area (Å²) in [4.78, 5) is 15.1. The van der Waals surface area contributed by atoms with E-state index in [0.29, 0.717) is 5.56 Å². The number of sulfone groups is 1. The fourth-order valence-corrected chi connectivity index (χ4v) is 2.52. The quantitative estimate of drug-likeness (QED) is 0.824. The maximum absolute atomic E-state index is 11.6. The number of pyridine rings is 1. The van der Waals surface area contributed by atoms with Crippen molar-refractivity contribution in [2.24, 2.45) is 0 Å². The normalized spacial score (nSPS) is 11.5. The smallest absolute Gasteiger partial charge is 0.358 e. The third-order valence-electron chi connectivity index (χ3n) is 2.95. The zero-order valence-electron chi connectivity index (χ0n) is 11.3. The van der Waals surface area contributed by atoms with Crippen LogP contribution < -0.4 is 0 Å². The van der Waals surface area contributed by atoms with Crippen LogP contribution in [0.4, 0.5) is 0 Å². The summed E-state index contributed by atoms with van der Waals surface area (Å²) in [5.41, 5.74) is 0.632. The molecule has 112 valence electrons. The number of nitrogens with zero attached hydrogens (tertiary/aromatic N) is 4. The maximum atomic E-state index is 11.6. The lowest BCUT2D eigenvalue weighted by molar-refractivity contribution is 0.0691. The minimum Gasteiger partial charge on any atom is -0.476 e. The van der Waals surface area contributed by atoms with Gasteiger partial charge < -0.3 is 5.11 Å². The van der Waals surface area contributed by atoms with E-state index in [1.807, 2.05) is 0 Å². The van der Waals surface area contributed by atoms with Gasteiger partial charge in [-0.25, -0.2) is 17.9 Å². The van der Waals surface area contributed by atoms with Gasteiger partial charge in [0.25, 0.3) is 0 Å². The molecule has 2 aromatic heterocycles. The van der Waals surface area contributed by atoms with E-state index >= 15 is 0 Å². The summed E-state index contributed by atoms with van der Waals surface area (Å²) >= 11 is 0. The molecule has 2 heterocycles. The van der Waals surface area contributed by atoms with Gasteiger partial charge in [-0.15, -0.1) is 5.10 Å². The van der Waals surface area contributed by atoms with Crippen molar-refractivity contribution in [1.29, 1.82) is 0 Å². The summed E-state index contributed by atoms with van der Waals surface area (Å²) in [6.45, 7) is 1.61. The van der Waals surface area contributed by atoms with Crippen LogP contribution in [0, 0.1) is 0 Å². The summed E-state index contributed by atoms with van der Waals surface area (Å²) in [5.74, 6) is -1.31. The van der Waals surface area contributed by atoms with Gasteiger partial charge in [-0.2, -0.15) is 0 Å². The molecule has 2 aromatic rings. The van der Waals surface area contributed by atoms with Gasteiger partial charge in [-0.05, 0) is 12.1 Å². The number of carboxylic acid groups (broad SMARTS) is 1. The van der Waals surface area contributed by atoms with Crippen LogP contribution in [0.5, 0.6) is 0 Å². The lowest BCUT2D eigenvalue weighted by Gasteiger charge is -2.07. The van der Waals surface area contributed by atoms with Gasteiger partial charge in [0.2, 0.25) is 0 Å². The number of hydrogen-bond acceptors (Lipinski definition) is 6. The third-order valence-corrected chi connectivity index (χ3v) is 4.63. The predicted octanol–water partition coefficient (Wildman–Crippen LogP) is 0.473. The second-order valence-electron chi connectivity index (χ2n) is 4.29. The Morgan fingerprint density at radius 2 is 2.00 bits per heavy atom. The Kier molecular flexibility index (Phi) is 4.32. The maximum Gasteiger partial charge on any atom is 0.358 e. The largest absolute Gasteiger partial charge is 0.476 e. The van der Waals surface area contributed by atoms with Gasteiger partial charge in [0.1, 0.15) is 5.69 Å². The van der Waals surface area contributed by atoms with Crippen molar-refractivity contribution < 1.29 is 18.3 Å². The van der Waals surface area contributed by atoms with Gasteiger partial charge in [0.05, 0.1) is 12.3 Å². The van der Waals surface area contributed by atoms with Crippen LogP contribution >= 0.6 is 0 Å². The van der Waals surface area contributed by atoms with E-state index in [9.17, 15) is 13.2 Å². The molecule has 0 unspecified atom stereocenters. The van der Waals surface area contributed by atoms with Crippen LogP contribution in [0.1, 0.15) is 17.4 Å². The molecular weight excluding hydrogens is 296 g/mol. The van der Waals surface area contributed by atoms with Crippen molar-refractivity contribution in [2.75, 3.05) is 11.5 Å². The molecule has 0 saturated heterocycles. The molecule has 0 amide bonds. The Morgan fingerprint density at radius 3 is 2.57 bits per heavy atom. The van der Waals surface area contributed by atoms with Crippen LogP contribution in [0.15, 0.2) is 24.5 Å². The SMILES string of the molecule is CCS(=O)(=O)CCn1nnc(C(=O)O)c1-c1ccncc1. The standard InChI is InChI=1S/C12H14N4O4S/c1-2-21(19,20)8-7-16-11(9-3-5-13-6-4-9)10(12(17)18)14-15-16/h3-6H,2,7-8H2,1H3,(H,17,18). The van der Waals surface area contributed by atoms with Gasteiger partial charge in [0.15, 0.2) is 15.5 Å². The summed E-state index contributed by atoms with van der Waals surface area (Å²) in [6, 6.07) is 3.24. The summed E-state index contributed by atoms with van der Waals surface area (Å²) in [5, 5.41) is 16.5. The number of aromatic nitrogens is 4. The van der Waals surface area contributed by atoms with Gasteiger partial charge >= 0.3 is 5.97 Å². The first-order valence-electron chi connectivity index (χ1n) is 6.22. The molecule has 0 fully saturated rings. The first kappa shape index (κ1) is 15.1. The van der Waals surface area contributed by atoms with Crippen molar-refractivity contribution in [3.05, 3.63) is 30.2 Å². The van der Waals surface area contributed by atoms with Gasteiger partial charge in [0, 0.05) is 23.7 Å². The molecule has 0 atom stereocenters. The Labute approximate surface area is 121 Å². The molecule has 0 aliphatic rings. The molecule has 0 aliphatic carbocycles. The molecule has 21 heavy (non-hydrogen) atoms. The van der Waals surface area contributed by atoms with Gasteiger partial charge in [-0.3, -0.25) is 4.98 Å². The van der Waals surface area contributed by atoms with Crippen molar-refractivity contribution >= 4 is 15.8 Å². The first-order chi connectivity index (χ1) is 9.94. The molecule has 1 N–H and O–H groups in total. The highest BCUT2D eigenvalue weighted by Gasteiger charge is 2.21. The Balaban J connectivity index is 2.41. The zero-order chi connectivity index (χ0) is 15.5. The average molecular weight is 310 g/mol. The summed E-state index contributed by atoms with van der Waals surface area (Å²) in [6.07, 6.45) is 3.03. The first-order valence-corrected chi connectivity index (χ1v) is 8.04. The average Bonchev–Trinajstić information content (AvgIpc) is 2.90. The molecule has 0 aliphatic heterocycles. The molecule has 9 heteroatoms. The second-order valence-corrected chi connectivity index (χ2v) is 6.76. The fraction of sp³-hybridized carbons (Fsp3) is 0.333. The summed E-state index contributed by atoms with van der Waals surface area (Å²) < 4.78 is 24.4. The van der Waals surface area contributed by atoms with Crippen LogP contribution in [0.25, 0.3) is 11.3 Å². The number of carboxylic acids is 1. The van der Waals surface area contributed by atoms with E-state index in [1.165, 1.54) is 17.1 Å². The van der Waals surface area contributed by atoms with Crippen LogP contribution in [-0.4, -0.2) is 51.0 Å². The topological polar surface area (TPSA) is 115 Å². The highest BCUT2D eigenvalue weighted by molar-refractivity contribution is 7.91. The number of carbonyl (C=O) groups is 1. The molecule has 0 saturated carbocycles. The fourth-order valence-electron chi connectivity index (χ4n) is 1.78. The highest BCUT2D eigenvalue weighted by atomic mass is 32.2. The van der Waals surface area contributed by atoms with Crippen molar-refractivity contribution in [3.8, 4) is 11.3 Å². The van der Waals surface area contributed by atoms with Gasteiger partial charge in [-0.1, -0.05) is 12.1 Å². The monoisotopic (exact) mass is 310 g/mol. The van der Waals surface area contributed by atoms with E-state index in [0.717, 1.165) is 0 Å². The third kappa shape index (κ3) is 3.43. The lowest BCUT2D eigenvalue weighted by Crippen LogP contribution is -2.16. The molecule has 0 aromatic carbocycles. The van der Waals surface area contributed by atoms with Crippen LogP contribution in [0.3, 0.4) is 0 Å². The molecule has 8 nitrogen and oxygen atoms in total. The van der Waals surface area contributed by atoms with E-state index in [-0.39, 0.29) is 29.4 Å². The molecule has 0 spiro atoms. The molecule has 2 rings (SSSR count). The minimum absolute atomic E-state index is 0.0259. The predicted molar refractivity (Wildman–Crippen MR) is 74.5 cm³/mol.